The zero-order valence-electron chi connectivity index (χ0n) is 17.8. The molecule has 0 aromatic heterocycles. The van der Waals surface area contributed by atoms with Gasteiger partial charge in [0.05, 0.1) is 30.0 Å². The van der Waals surface area contributed by atoms with Gasteiger partial charge in [0.15, 0.2) is 0 Å². The molecule has 0 bridgehead atoms. The molecule has 3 heterocycles. The van der Waals surface area contributed by atoms with Crippen LogP contribution in [0.15, 0.2) is 36.4 Å². The second kappa shape index (κ2) is 7.35. The molecule has 7 nitrogen and oxygen atoms in total. The molecule has 0 N–H and O–H groups in total. The van der Waals surface area contributed by atoms with Crippen LogP contribution in [0.1, 0.15) is 47.1 Å². The Balaban J connectivity index is 1.45. The molecule has 5 rings (SSSR count). The molecule has 3 aliphatic heterocycles. The Morgan fingerprint density at radius 1 is 0.903 bits per heavy atom. The second-order valence-corrected chi connectivity index (χ2v) is 9.08. The van der Waals surface area contributed by atoms with E-state index in [1.54, 1.807) is 36.4 Å². The van der Waals surface area contributed by atoms with Crippen LogP contribution in [-0.4, -0.2) is 50.4 Å². The van der Waals surface area contributed by atoms with Gasteiger partial charge in [-0.1, -0.05) is 20.8 Å². The third-order valence-electron chi connectivity index (χ3n) is 5.53. The normalized spacial score (nSPS) is 21.8. The highest BCUT2D eigenvalue weighted by Gasteiger charge is 2.42. The van der Waals surface area contributed by atoms with Crippen molar-refractivity contribution in [3.8, 4) is 11.5 Å². The quantitative estimate of drug-likeness (QED) is 0.502. The Hall–Kier alpha value is -2.90. The van der Waals surface area contributed by atoms with Gasteiger partial charge < -0.3 is 18.9 Å². The van der Waals surface area contributed by atoms with E-state index >= 15 is 0 Å². The summed E-state index contributed by atoms with van der Waals surface area (Å²) < 4.78 is 22.0. The van der Waals surface area contributed by atoms with Gasteiger partial charge in [0.2, 0.25) is 0 Å². The van der Waals surface area contributed by atoms with Crippen molar-refractivity contribution in [1.82, 2.24) is 0 Å². The number of amides is 2. The molecule has 0 spiro atoms. The van der Waals surface area contributed by atoms with E-state index in [4.69, 9.17) is 18.9 Å². The highest BCUT2D eigenvalue weighted by molar-refractivity contribution is 6.35. The number of imide groups is 1. The first-order valence-corrected chi connectivity index (χ1v) is 10.5. The first-order chi connectivity index (χ1) is 14.8. The maximum atomic E-state index is 13.5. The lowest BCUT2D eigenvalue weighted by Crippen LogP contribution is -2.30. The van der Waals surface area contributed by atoms with E-state index in [9.17, 15) is 9.59 Å². The minimum atomic E-state index is -0.389. The van der Waals surface area contributed by atoms with Crippen molar-refractivity contribution < 1.29 is 28.5 Å². The SMILES string of the molecule is CC(C)(C)c1c(OCC2CO2)ccc2c1C(=O)N(c1ccc(OCC3CO3)cc1)C2=O. The Labute approximate surface area is 180 Å². The molecule has 2 saturated heterocycles. The molecule has 31 heavy (non-hydrogen) atoms. The molecular formula is C24H25NO6. The predicted octanol–water partition coefficient (Wildman–Crippen LogP) is 3.34. The number of hydrogen-bond donors (Lipinski definition) is 0. The molecule has 2 unspecified atom stereocenters. The van der Waals surface area contributed by atoms with Gasteiger partial charge in [0, 0.05) is 5.56 Å². The van der Waals surface area contributed by atoms with Crippen LogP contribution >= 0.6 is 0 Å². The number of fused-ring (bicyclic) bond motifs is 1. The molecule has 162 valence electrons. The van der Waals surface area contributed by atoms with Gasteiger partial charge in [-0.3, -0.25) is 9.59 Å². The predicted molar refractivity (Wildman–Crippen MR) is 113 cm³/mol. The van der Waals surface area contributed by atoms with Crippen molar-refractivity contribution >= 4 is 17.5 Å². The van der Waals surface area contributed by atoms with Gasteiger partial charge in [-0.05, 0) is 41.8 Å². The van der Waals surface area contributed by atoms with Crippen LogP contribution in [0.3, 0.4) is 0 Å². The van der Waals surface area contributed by atoms with Gasteiger partial charge in [0.25, 0.3) is 11.8 Å². The number of carbonyl (C=O) groups is 2. The summed E-state index contributed by atoms with van der Waals surface area (Å²) in [5.41, 5.74) is 1.68. The standard InChI is InChI=1S/C24H25NO6/c1-24(2,3)21-19(31-13-17-12-30-17)9-8-18-20(21)23(27)25(22(18)26)14-4-6-15(7-5-14)28-10-16-11-29-16/h4-9,16-17H,10-13H2,1-3H3. The van der Waals surface area contributed by atoms with E-state index in [1.165, 1.54) is 4.90 Å². The van der Waals surface area contributed by atoms with Crippen LogP contribution in [0.2, 0.25) is 0 Å². The highest BCUT2D eigenvalue weighted by Crippen LogP contribution is 2.41. The summed E-state index contributed by atoms with van der Waals surface area (Å²) in [5.74, 6) is 0.626. The summed E-state index contributed by atoms with van der Waals surface area (Å²) in [5, 5.41) is 0. The van der Waals surface area contributed by atoms with Crippen molar-refractivity contribution in [2.75, 3.05) is 31.3 Å². The number of epoxide rings is 2. The first kappa shape index (κ1) is 20.0. The fourth-order valence-electron chi connectivity index (χ4n) is 3.80. The molecule has 2 fully saturated rings. The van der Waals surface area contributed by atoms with Gasteiger partial charge in [-0.2, -0.15) is 0 Å². The summed E-state index contributed by atoms with van der Waals surface area (Å²) in [6.07, 6.45) is 0.261. The van der Waals surface area contributed by atoms with Crippen molar-refractivity contribution in [2.24, 2.45) is 0 Å². The minimum Gasteiger partial charge on any atom is -0.491 e. The number of carbonyl (C=O) groups excluding carboxylic acids is 2. The lowest BCUT2D eigenvalue weighted by atomic mass is 9.81. The molecule has 0 radical (unpaired) electrons. The number of rotatable bonds is 7. The van der Waals surface area contributed by atoms with Crippen molar-refractivity contribution in [3.05, 3.63) is 53.1 Å². The third-order valence-corrected chi connectivity index (χ3v) is 5.53. The fraction of sp³-hybridized carbons (Fsp3) is 0.417. The zero-order valence-corrected chi connectivity index (χ0v) is 17.8. The van der Waals surface area contributed by atoms with Crippen LogP contribution in [0.4, 0.5) is 5.69 Å². The van der Waals surface area contributed by atoms with Crippen LogP contribution in [0, 0.1) is 0 Å². The van der Waals surface area contributed by atoms with E-state index in [2.05, 4.69) is 0 Å². The average Bonchev–Trinajstić information content (AvgIpc) is 3.65. The van der Waals surface area contributed by atoms with E-state index in [-0.39, 0.29) is 29.4 Å². The van der Waals surface area contributed by atoms with Crippen molar-refractivity contribution in [1.29, 1.82) is 0 Å². The molecule has 3 aliphatic rings. The summed E-state index contributed by atoms with van der Waals surface area (Å²) >= 11 is 0. The number of hydrogen-bond acceptors (Lipinski definition) is 6. The van der Waals surface area contributed by atoms with E-state index in [0.29, 0.717) is 48.1 Å². The lowest BCUT2D eigenvalue weighted by molar-refractivity contribution is 0.0925. The molecular weight excluding hydrogens is 398 g/mol. The fourth-order valence-corrected chi connectivity index (χ4v) is 3.80. The van der Waals surface area contributed by atoms with Gasteiger partial charge in [-0.25, -0.2) is 4.90 Å². The van der Waals surface area contributed by atoms with Crippen molar-refractivity contribution in [3.63, 3.8) is 0 Å². The highest BCUT2D eigenvalue weighted by atomic mass is 16.6. The molecule has 2 amide bonds. The molecule has 2 aromatic rings. The number of anilines is 1. The van der Waals surface area contributed by atoms with Crippen LogP contribution < -0.4 is 14.4 Å². The topological polar surface area (TPSA) is 80.9 Å². The maximum absolute atomic E-state index is 13.5. The second-order valence-electron chi connectivity index (χ2n) is 9.08. The van der Waals surface area contributed by atoms with Crippen LogP contribution in [0.25, 0.3) is 0 Å². The molecule has 0 saturated carbocycles. The largest absolute Gasteiger partial charge is 0.491 e. The van der Waals surface area contributed by atoms with Crippen molar-refractivity contribution in [2.45, 2.75) is 38.4 Å². The summed E-state index contributed by atoms with van der Waals surface area (Å²) in [6, 6.07) is 10.4. The number of nitrogens with zero attached hydrogens (tertiary/aromatic N) is 1. The Morgan fingerprint density at radius 3 is 2.10 bits per heavy atom. The monoisotopic (exact) mass is 423 g/mol. The van der Waals surface area contributed by atoms with Crippen LogP contribution in [0.5, 0.6) is 11.5 Å². The Morgan fingerprint density at radius 2 is 1.52 bits per heavy atom. The van der Waals surface area contributed by atoms with E-state index in [0.717, 1.165) is 12.2 Å². The maximum Gasteiger partial charge on any atom is 0.266 e. The molecule has 0 aliphatic carbocycles. The number of benzene rings is 2. The van der Waals surface area contributed by atoms with E-state index < -0.39 is 0 Å². The zero-order chi connectivity index (χ0) is 21.8. The lowest BCUT2D eigenvalue weighted by Gasteiger charge is -2.25. The van der Waals surface area contributed by atoms with Gasteiger partial charge in [0.1, 0.15) is 36.9 Å². The number of ether oxygens (including phenoxy) is 4. The van der Waals surface area contributed by atoms with E-state index in [1.807, 2.05) is 20.8 Å². The molecule has 7 heteroatoms. The summed E-state index contributed by atoms with van der Waals surface area (Å²) in [6.45, 7) is 8.38. The Kier molecular flexibility index (Phi) is 4.75. The minimum absolute atomic E-state index is 0.0992. The first-order valence-electron chi connectivity index (χ1n) is 10.5. The Bertz CT molecular complexity index is 1030. The average molecular weight is 423 g/mol. The van der Waals surface area contributed by atoms with Crippen LogP contribution in [-0.2, 0) is 14.9 Å². The van der Waals surface area contributed by atoms with Gasteiger partial charge in [-0.15, -0.1) is 0 Å². The molecule has 2 atom stereocenters. The molecule has 2 aromatic carbocycles. The summed E-state index contributed by atoms with van der Waals surface area (Å²) in [4.78, 5) is 27.9. The summed E-state index contributed by atoms with van der Waals surface area (Å²) in [7, 11) is 0. The van der Waals surface area contributed by atoms with Gasteiger partial charge >= 0.3 is 0 Å². The third kappa shape index (κ3) is 3.91. The smallest absolute Gasteiger partial charge is 0.266 e.